The van der Waals surface area contributed by atoms with Crippen molar-refractivity contribution >= 4 is 0 Å². The first-order valence-corrected chi connectivity index (χ1v) is 6.94. The van der Waals surface area contributed by atoms with Crippen molar-refractivity contribution in [2.75, 3.05) is 6.61 Å². The van der Waals surface area contributed by atoms with Crippen molar-refractivity contribution in [2.24, 2.45) is 0 Å². The Kier molecular flexibility index (Phi) is 5.97. The number of ether oxygens (including phenoxy) is 1. The minimum absolute atomic E-state index is 0.256. The molecule has 0 heterocycles. The van der Waals surface area contributed by atoms with Crippen molar-refractivity contribution in [3.05, 3.63) is 29.6 Å². The third-order valence-electron chi connectivity index (χ3n) is 3.09. The van der Waals surface area contributed by atoms with Gasteiger partial charge in [0.2, 0.25) is 0 Å². The lowest BCUT2D eigenvalue weighted by molar-refractivity contribution is 0.279. The van der Waals surface area contributed by atoms with E-state index in [1.807, 2.05) is 20.8 Å². The van der Waals surface area contributed by atoms with Crippen LogP contribution in [0.5, 0.6) is 5.75 Å². The molecule has 0 aliphatic heterocycles. The molecule has 1 rings (SSSR count). The standard InChI is InChI=1S/C16H23FN2O/c1-12(2)19-16(4,11-18)8-5-9-20-14-7-6-13(3)15(17)10-14/h6-7,10,12,19H,5,8-9H2,1-4H3. The lowest BCUT2D eigenvalue weighted by atomic mass is 9.97. The zero-order chi connectivity index (χ0) is 15.2. The number of halogens is 1. The lowest BCUT2D eigenvalue weighted by Crippen LogP contribution is -2.45. The number of aryl methyl sites for hydroxylation is 1. The summed E-state index contributed by atoms with van der Waals surface area (Å²) in [7, 11) is 0. The van der Waals surface area contributed by atoms with Crippen LogP contribution in [0, 0.1) is 24.1 Å². The number of hydrogen-bond donors (Lipinski definition) is 1. The highest BCUT2D eigenvalue weighted by atomic mass is 19.1. The molecule has 0 saturated heterocycles. The highest BCUT2D eigenvalue weighted by molar-refractivity contribution is 5.27. The molecule has 1 aromatic carbocycles. The molecule has 0 aliphatic rings. The van der Waals surface area contributed by atoms with E-state index in [1.54, 1.807) is 19.1 Å². The SMILES string of the molecule is Cc1ccc(OCCCC(C)(C#N)NC(C)C)cc1F. The average molecular weight is 278 g/mol. The molecule has 0 radical (unpaired) electrons. The number of nitrogens with zero attached hydrogens (tertiary/aromatic N) is 1. The van der Waals surface area contributed by atoms with E-state index in [0.29, 0.717) is 24.3 Å². The number of hydrogen-bond acceptors (Lipinski definition) is 3. The van der Waals surface area contributed by atoms with E-state index in [9.17, 15) is 9.65 Å². The van der Waals surface area contributed by atoms with Crippen LogP contribution >= 0.6 is 0 Å². The zero-order valence-corrected chi connectivity index (χ0v) is 12.7. The van der Waals surface area contributed by atoms with Crippen molar-refractivity contribution in [2.45, 2.75) is 52.1 Å². The molecule has 4 heteroatoms. The molecule has 110 valence electrons. The number of rotatable bonds is 7. The van der Waals surface area contributed by atoms with Crippen molar-refractivity contribution in [3.63, 3.8) is 0 Å². The third kappa shape index (κ3) is 5.18. The maximum atomic E-state index is 13.3. The Morgan fingerprint density at radius 1 is 1.45 bits per heavy atom. The molecule has 0 amide bonds. The molecule has 0 bridgehead atoms. The average Bonchev–Trinajstić information content (AvgIpc) is 2.38. The van der Waals surface area contributed by atoms with E-state index >= 15 is 0 Å². The maximum Gasteiger partial charge on any atom is 0.129 e. The van der Waals surface area contributed by atoms with E-state index in [1.165, 1.54) is 6.07 Å². The molecular weight excluding hydrogens is 255 g/mol. The summed E-state index contributed by atoms with van der Waals surface area (Å²) in [6.45, 7) is 8.11. The van der Waals surface area contributed by atoms with E-state index in [-0.39, 0.29) is 11.9 Å². The highest BCUT2D eigenvalue weighted by Crippen LogP contribution is 2.17. The molecule has 0 fully saturated rings. The van der Waals surface area contributed by atoms with Gasteiger partial charge >= 0.3 is 0 Å². The molecule has 20 heavy (non-hydrogen) atoms. The monoisotopic (exact) mass is 278 g/mol. The minimum atomic E-state index is -0.546. The molecule has 1 atom stereocenters. The normalized spacial score (nSPS) is 13.8. The first kappa shape index (κ1) is 16.5. The first-order valence-electron chi connectivity index (χ1n) is 6.94. The largest absolute Gasteiger partial charge is 0.493 e. The van der Waals surface area contributed by atoms with Crippen molar-refractivity contribution in [1.29, 1.82) is 5.26 Å². The summed E-state index contributed by atoms with van der Waals surface area (Å²) in [6.07, 6.45) is 1.43. The number of nitrogens with one attached hydrogen (secondary N) is 1. The Morgan fingerprint density at radius 2 is 2.15 bits per heavy atom. The van der Waals surface area contributed by atoms with Gasteiger partial charge in [-0.3, -0.25) is 5.32 Å². The van der Waals surface area contributed by atoms with Gasteiger partial charge in [0.25, 0.3) is 0 Å². The van der Waals surface area contributed by atoms with Crippen LogP contribution in [0.2, 0.25) is 0 Å². The third-order valence-corrected chi connectivity index (χ3v) is 3.09. The molecule has 3 nitrogen and oxygen atoms in total. The van der Waals surface area contributed by atoms with Crippen LogP contribution in [0.3, 0.4) is 0 Å². The predicted molar refractivity (Wildman–Crippen MR) is 78.2 cm³/mol. The van der Waals surface area contributed by atoms with E-state index in [4.69, 9.17) is 4.74 Å². The molecule has 0 aliphatic carbocycles. The fourth-order valence-corrected chi connectivity index (χ4v) is 2.08. The fourth-order valence-electron chi connectivity index (χ4n) is 2.08. The van der Waals surface area contributed by atoms with Gasteiger partial charge in [0.15, 0.2) is 0 Å². The fraction of sp³-hybridized carbons (Fsp3) is 0.562. The summed E-state index contributed by atoms with van der Waals surface area (Å²) in [6, 6.07) is 7.41. The van der Waals surface area contributed by atoms with Gasteiger partial charge in [-0.15, -0.1) is 0 Å². The van der Waals surface area contributed by atoms with Gasteiger partial charge in [-0.2, -0.15) is 5.26 Å². The van der Waals surface area contributed by atoms with Gasteiger partial charge in [0.05, 0.1) is 12.7 Å². The lowest BCUT2D eigenvalue weighted by Gasteiger charge is -2.25. The molecule has 0 aromatic heterocycles. The summed E-state index contributed by atoms with van der Waals surface area (Å²) in [4.78, 5) is 0. The molecule has 0 saturated carbocycles. The first-order chi connectivity index (χ1) is 9.36. The Bertz CT molecular complexity index is 482. The molecule has 0 spiro atoms. The van der Waals surface area contributed by atoms with Crippen LogP contribution in [-0.2, 0) is 0 Å². The molecular formula is C16H23FN2O. The number of nitriles is 1. The van der Waals surface area contributed by atoms with Gasteiger partial charge in [-0.05, 0) is 52.2 Å². The highest BCUT2D eigenvalue weighted by Gasteiger charge is 2.23. The second kappa shape index (κ2) is 7.25. The summed E-state index contributed by atoms with van der Waals surface area (Å²) in [5.41, 5.74) is 0.0614. The van der Waals surface area contributed by atoms with Crippen molar-refractivity contribution in [1.82, 2.24) is 5.32 Å². The second-order valence-corrected chi connectivity index (χ2v) is 5.61. The summed E-state index contributed by atoms with van der Waals surface area (Å²) < 4.78 is 18.9. The van der Waals surface area contributed by atoms with E-state index in [2.05, 4.69) is 11.4 Å². The summed E-state index contributed by atoms with van der Waals surface area (Å²) in [5.74, 6) is 0.273. The smallest absolute Gasteiger partial charge is 0.129 e. The summed E-state index contributed by atoms with van der Waals surface area (Å²) >= 11 is 0. The molecule has 1 aromatic rings. The maximum absolute atomic E-state index is 13.3. The van der Waals surface area contributed by atoms with E-state index < -0.39 is 5.54 Å². The Balaban J connectivity index is 2.41. The van der Waals surface area contributed by atoms with Crippen LogP contribution in [0.25, 0.3) is 0 Å². The topological polar surface area (TPSA) is 45.0 Å². The van der Waals surface area contributed by atoms with Gasteiger partial charge in [0, 0.05) is 12.1 Å². The van der Waals surface area contributed by atoms with Crippen LogP contribution in [-0.4, -0.2) is 18.2 Å². The van der Waals surface area contributed by atoms with Crippen molar-refractivity contribution < 1.29 is 9.13 Å². The van der Waals surface area contributed by atoms with Crippen LogP contribution in [0.15, 0.2) is 18.2 Å². The van der Waals surface area contributed by atoms with E-state index in [0.717, 1.165) is 6.42 Å². The van der Waals surface area contributed by atoms with Crippen molar-refractivity contribution in [3.8, 4) is 11.8 Å². The quantitative estimate of drug-likeness (QED) is 0.775. The van der Waals surface area contributed by atoms with Gasteiger partial charge < -0.3 is 4.74 Å². The Labute approximate surface area is 120 Å². The Hall–Kier alpha value is -1.60. The van der Waals surface area contributed by atoms with Crippen LogP contribution in [0.4, 0.5) is 4.39 Å². The minimum Gasteiger partial charge on any atom is -0.493 e. The zero-order valence-electron chi connectivity index (χ0n) is 12.7. The Morgan fingerprint density at radius 3 is 2.70 bits per heavy atom. The predicted octanol–water partition coefficient (Wildman–Crippen LogP) is 3.57. The van der Waals surface area contributed by atoms with Gasteiger partial charge in [-0.1, -0.05) is 6.07 Å². The summed E-state index contributed by atoms with van der Waals surface area (Å²) in [5, 5.41) is 12.5. The van der Waals surface area contributed by atoms with Gasteiger partial charge in [-0.25, -0.2) is 4.39 Å². The molecule has 1 unspecified atom stereocenters. The van der Waals surface area contributed by atoms with Crippen LogP contribution in [0.1, 0.15) is 39.2 Å². The van der Waals surface area contributed by atoms with Crippen LogP contribution < -0.4 is 10.1 Å². The second-order valence-electron chi connectivity index (χ2n) is 5.61. The molecule has 1 N–H and O–H groups in total. The van der Waals surface area contributed by atoms with Gasteiger partial charge in [0.1, 0.15) is 17.1 Å². The number of benzene rings is 1.